The van der Waals surface area contributed by atoms with Gasteiger partial charge in [-0.1, -0.05) is 6.92 Å². The maximum Gasteiger partial charge on any atom is 0.236 e. The summed E-state index contributed by atoms with van der Waals surface area (Å²) >= 11 is 0. The van der Waals surface area contributed by atoms with Gasteiger partial charge in [-0.25, -0.2) is 0 Å². The minimum absolute atomic E-state index is 0.262. The summed E-state index contributed by atoms with van der Waals surface area (Å²) in [6.07, 6.45) is 2.58. The summed E-state index contributed by atoms with van der Waals surface area (Å²) in [4.78, 5) is 16.4. The Balaban J connectivity index is 1.76. The van der Waals surface area contributed by atoms with E-state index in [1.54, 1.807) is 0 Å². The summed E-state index contributed by atoms with van der Waals surface area (Å²) in [5, 5.41) is 0. The number of carbonyl (C=O) groups excluding carboxylic acids is 1. The van der Waals surface area contributed by atoms with Gasteiger partial charge in [0, 0.05) is 26.2 Å². The molecule has 1 unspecified atom stereocenters. The Morgan fingerprint density at radius 2 is 1.94 bits per heavy atom. The molecule has 2 saturated heterocycles. The number of rotatable bonds is 2. The molecular weight excluding hydrogens is 216 g/mol. The van der Waals surface area contributed by atoms with Gasteiger partial charge in [-0.2, -0.15) is 0 Å². The van der Waals surface area contributed by atoms with E-state index in [0.29, 0.717) is 12.5 Å². The molecule has 0 spiro atoms. The van der Waals surface area contributed by atoms with Gasteiger partial charge in [0.1, 0.15) is 0 Å². The van der Waals surface area contributed by atoms with Gasteiger partial charge < -0.3 is 9.64 Å². The molecular formula is C13H24N2O2. The molecule has 0 aromatic heterocycles. The predicted molar refractivity (Wildman–Crippen MR) is 66.8 cm³/mol. The predicted octanol–water partition coefficient (Wildman–Crippen LogP) is 0.966. The van der Waals surface area contributed by atoms with E-state index in [2.05, 4.69) is 18.7 Å². The Kier molecular flexibility index (Phi) is 4.40. The third-order valence-electron chi connectivity index (χ3n) is 3.82. The molecule has 4 nitrogen and oxygen atoms in total. The molecule has 0 aliphatic carbocycles. The smallest absolute Gasteiger partial charge is 0.236 e. The van der Waals surface area contributed by atoms with Gasteiger partial charge in [-0.3, -0.25) is 9.69 Å². The average Bonchev–Trinajstić information content (AvgIpc) is 2.29. The van der Waals surface area contributed by atoms with Gasteiger partial charge in [0.25, 0.3) is 0 Å². The van der Waals surface area contributed by atoms with Gasteiger partial charge in [0.2, 0.25) is 5.91 Å². The molecule has 0 saturated carbocycles. The van der Waals surface area contributed by atoms with Crippen molar-refractivity contribution in [2.75, 3.05) is 39.3 Å². The molecule has 2 aliphatic rings. The first kappa shape index (κ1) is 12.8. The van der Waals surface area contributed by atoms with E-state index in [0.717, 1.165) is 51.5 Å². The Labute approximate surface area is 104 Å². The first-order valence-corrected chi connectivity index (χ1v) is 6.77. The normalized spacial score (nSPS) is 28.4. The van der Waals surface area contributed by atoms with Crippen LogP contribution >= 0.6 is 0 Å². The van der Waals surface area contributed by atoms with E-state index in [9.17, 15) is 4.79 Å². The van der Waals surface area contributed by atoms with Crippen LogP contribution in [-0.4, -0.2) is 61.1 Å². The minimum Gasteiger partial charge on any atom is -0.376 e. The van der Waals surface area contributed by atoms with E-state index in [4.69, 9.17) is 4.74 Å². The second kappa shape index (κ2) is 5.83. The Morgan fingerprint density at radius 1 is 1.24 bits per heavy atom. The van der Waals surface area contributed by atoms with Crippen LogP contribution in [0.25, 0.3) is 0 Å². The maximum atomic E-state index is 12.1. The van der Waals surface area contributed by atoms with E-state index in [1.165, 1.54) is 0 Å². The van der Waals surface area contributed by atoms with Crippen molar-refractivity contribution in [1.82, 2.24) is 9.80 Å². The molecule has 2 fully saturated rings. The number of ether oxygens (including phenoxy) is 1. The lowest BCUT2D eigenvalue weighted by Gasteiger charge is -2.34. The average molecular weight is 240 g/mol. The van der Waals surface area contributed by atoms with Gasteiger partial charge >= 0.3 is 0 Å². The lowest BCUT2D eigenvalue weighted by atomic mass is 9.99. The highest BCUT2D eigenvalue weighted by molar-refractivity contribution is 5.78. The standard InChI is InChI=1S/C13H24N2O2/c1-11-3-5-15(6-4-11)13(16)10-14-7-8-17-12(2)9-14/h11-12H,3-10H2,1-2H3. The topological polar surface area (TPSA) is 32.8 Å². The first-order chi connectivity index (χ1) is 8.15. The second-order valence-corrected chi connectivity index (χ2v) is 5.48. The molecule has 98 valence electrons. The third-order valence-corrected chi connectivity index (χ3v) is 3.82. The van der Waals surface area contributed by atoms with Crippen molar-refractivity contribution >= 4 is 5.91 Å². The van der Waals surface area contributed by atoms with Crippen LogP contribution in [0, 0.1) is 5.92 Å². The molecule has 4 heteroatoms. The highest BCUT2D eigenvalue weighted by Crippen LogP contribution is 2.16. The summed E-state index contributed by atoms with van der Waals surface area (Å²) in [6, 6.07) is 0. The Bertz CT molecular complexity index is 262. The number of morpholine rings is 1. The number of hydrogen-bond acceptors (Lipinski definition) is 3. The number of amides is 1. The van der Waals surface area contributed by atoms with E-state index < -0.39 is 0 Å². The molecule has 2 heterocycles. The Hall–Kier alpha value is -0.610. The van der Waals surface area contributed by atoms with E-state index >= 15 is 0 Å². The number of likely N-dealkylation sites (tertiary alicyclic amines) is 1. The van der Waals surface area contributed by atoms with Crippen molar-refractivity contribution in [3.05, 3.63) is 0 Å². The zero-order chi connectivity index (χ0) is 12.3. The molecule has 1 amide bonds. The fraction of sp³-hybridized carbons (Fsp3) is 0.923. The molecule has 0 radical (unpaired) electrons. The highest BCUT2D eigenvalue weighted by atomic mass is 16.5. The minimum atomic E-state index is 0.262. The fourth-order valence-electron chi connectivity index (χ4n) is 2.58. The number of nitrogens with zero attached hydrogens (tertiary/aromatic N) is 2. The van der Waals surface area contributed by atoms with E-state index in [-0.39, 0.29) is 6.10 Å². The van der Waals surface area contributed by atoms with Crippen molar-refractivity contribution in [2.24, 2.45) is 5.92 Å². The van der Waals surface area contributed by atoms with Crippen molar-refractivity contribution in [2.45, 2.75) is 32.8 Å². The molecule has 17 heavy (non-hydrogen) atoms. The summed E-state index contributed by atoms with van der Waals surface area (Å²) in [7, 11) is 0. The molecule has 2 rings (SSSR count). The van der Waals surface area contributed by atoms with Crippen LogP contribution in [0.1, 0.15) is 26.7 Å². The van der Waals surface area contributed by atoms with E-state index in [1.807, 2.05) is 4.90 Å². The molecule has 1 atom stereocenters. The highest BCUT2D eigenvalue weighted by Gasteiger charge is 2.24. The zero-order valence-electron chi connectivity index (χ0n) is 11.0. The molecule has 2 aliphatic heterocycles. The van der Waals surface area contributed by atoms with Crippen LogP contribution in [0.15, 0.2) is 0 Å². The van der Waals surface area contributed by atoms with Crippen molar-refractivity contribution < 1.29 is 9.53 Å². The van der Waals surface area contributed by atoms with Crippen molar-refractivity contribution in [3.8, 4) is 0 Å². The van der Waals surface area contributed by atoms with Crippen LogP contribution in [0.2, 0.25) is 0 Å². The van der Waals surface area contributed by atoms with Crippen molar-refractivity contribution in [3.63, 3.8) is 0 Å². The lowest BCUT2D eigenvalue weighted by molar-refractivity contribution is -0.135. The van der Waals surface area contributed by atoms with Crippen LogP contribution < -0.4 is 0 Å². The Morgan fingerprint density at radius 3 is 2.59 bits per heavy atom. The molecule has 0 aromatic rings. The lowest BCUT2D eigenvalue weighted by Crippen LogP contribution is -2.48. The second-order valence-electron chi connectivity index (χ2n) is 5.48. The van der Waals surface area contributed by atoms with Gasteiger partial charge in [0.05, 0.1) is 19.3 Å². The van der Waals surface area contributed by atoms with Crippen LogP contribution in [0.3, 0.4) is 0 Å². The summed E-state index contributed by atoms with van der Waals surface area (Å²) in [5.74, 6) is 1.08. The fourth-order valence-corrected chi connectivity index (χ4v) is 2.58. The SMILES string of the molecule is CC1CCN(C(=O)CN2CCOC(C)C2)CC1. The summed E-state index contributed by atoms with van der Waals surface area (Å²) < 4.78 is 5.48. The number of piperidine rings is 1. The number of carbonyl (C=O) groups is 1. The summed E-state index contributed by atoms with van der Waals surface area (Å²) in [5.41, 5.74) is 0. The van der Waals surface area contributed by atoms with Crippen molar-refractivity contribution in [1.29, 1.82) is 0 Å². The molecule has 0 N–H and O–H groups in total. The molecule has 0 aromatic carbocycles. The summed E-state index contributed by atoms with van der Waals surface area (Å²) in [6.45, 7) is 9.33. The largest absolute Gasteiger partial charge is 0.376 e. The quantitative estimate of drug-likeness (QED) is 0.721. The van der Waals surface area contributed by atoms with Crippen LogP contribution in [0.4, 0.5) is 0 Å². The zero-order valence-corrected chi connectivity index (χ0v) is 11.0. The number of hydrogen-bond donors (Lipinski definition) is 0. The van der Waals surface area contributed by atoms with Gasteiger partial charge in [0.15, 0.2) is 0 Å². The maximum absolute atomic E-state index is 12.1. The van der Waals surface area contributed by atoms with Gasteiger partial charge in [-0.15, -0.1) is 0 Å². The molecule has 0 bridgehead atoms. The monoisotopic (exact) mass is 240 g/mol. The van der Waals surface area contributed by atoms with Crippen LogP contribution in [0.5, 0.6) is 0 Å². The first-order valence-electron chi connectivity index (χ1n) is 6.77. The third kappa shape index (κ3) is 3.68. The van der Waals surface area contributed by atoms with Crippen LogP contribution in [-0.2, 0) is 9.53 Å². The van der Waals surface area contributed by atoms with Gasteiger partial charge in [-0.05, 0) is 25.7 Å².